The molecule has 2 aromatic rings. The monoisotopic (exact) mass is 445 g/mol. The first-order valence-corrected chi connectivity index (χ1v) is 8.89. The second-order valence-corrected chi connectivity index (χ2v) is 6.78. The number of para-hydroxylation sites is 1. The molecule has 27 heavy (non-hydrogen) atoms. The van der Waals surface area contributed by atoms with E-state index in [1.807, 2.05) is 0 Å². The van der Waals surface area contributed by atoms with Crippen LogP contribution in [0.4, 0.5) is 13.2 Å². The molecule has 144 valence electrons. The van der Waals surface area contributed by atoms with Crippen LogP contribution in [0.15, 0.2) is 41.1 Å². The van der Waals surface area contributed by atoms with Crippen molar-refractivity contribution < 1.29 is 27.4 Å². The first-order chi connectivity index (χ1) is 12.8. The highest BCUT2D eigenvalue weighted by Gasteiger charge is 2.34. The maximum Gasteiger partial charge on any atom is 0.573 e. The average Bonchev–Trinajstić information content (AvgIpc) is 2.62. The molecule has 2 heterocycles. The molecule has 3 rings (SSSR count). The van der Waals surface area contributed by atoms with E-state index in [0.717, 1.165) is 6.07 Å². The maximum atomic E-state index is 12.7. The second kappa shape index (κ2) is 8.12. The van der Waals surface area contributed by atoms with Gasteiger partial charge in [-0.1, -0.05) is 12.1 Å². The molecule has 1 atom stereocenters. The van der Waals surface area contributed by atoms with Gasteiger partial charge in [-0.05, 0) is 40.9 Å². The lowest BCUT2D eigenvalue weighted by Gasteiger charge is -2.32. The van der Waals surface area contributed by atoms with Gasteiger partial charge in [-0.25, -0.2) is 9.97 Å². The summed E-state index contributed by atoms with van der Waals surface area (Å²) in [5, 5.41) is 0. The fourth-order valence-electron chi connectivity index (χ4n) is 2.76. The molecule has 1 aromatic carbocycles. The van der Waals surface area contributed by atoms with Crippen LogP contribution in [0.3, 0.4) is 0 Å². The van der Waals surface area contributed by atoms with Gasteiger partial charge in [0.05, 0.1) is 16.6 Å². The van der Waals surface area contributed by atoms with Crippen molar-refractivity contribution in [2.45, 2.75) is 25.3 Å². The predicted octanol–water partition coefficient (Wildman–Crippen LogP) is 3.82. The number of amides is 1. The SMILES string of the molecule is O=C(c1ccccc1OC(F)(F)F)N1CCCC(Oc2ncc(Br)cn2)C1. The lowest BCUT2D eigenvalue weighted by Crippen LogP contribution is -2.44. The minimum Gasteiger partial charge on any atom is -0.458 e. The zero-order chi connectivity index (χ0) is 19.4. The first kappa shape index (κ1) is 19.4. The highest BCUT2D eigenvalue weighted by molar-refractivity contribution is 9.10. The standard InChI is InChI=1S/C17H15BrF3N3O3/c18-11-8-22-16(23-9-11)26-12-4-3-7-24(10-12)15(25)13-5-1-2-6-14(13)27-17(19,20)21/h1-2,5-6,8-9,12H,3-4,7,10H2. The van der Waals surface area contributed by atoms with Crippen molar-refractivity contribution in [3.8, 4) is 11.8 Å². The van der Waals surface area contributed by atoms with Crippen LogP contribution >= 0.6 is 15.9 Å². The maximum absolute atomic E-state index is 12.7. The van der Waals surface area contributed by atoms with E-state index in [1.54, 1.807) is 12.4 Å². The number of likely N-dealkylation sites (tertiary alicyclic amines) is 1. The van der Waals surface area contributed by atoms with Crippen LogP contribution in [-0.4, -0.2) is 46.3 Å². The third-order valence-corrected chi connectivity index (χ3v) is 4.29. The fourth-order valence-corrected chi connectivity index (χ4v) is 2.96. The van der Waals surface area contributed by atoms with E-state index in [-0.39, 0.29) is 24.2 Å². The Bertz CT molecular complexity index is 802. The van der Waals surface area contributed by atoms with Gasteiger partial charge in [0.25, 0.3) is 5.91 Å². The van der Waals surface area contributed by atoms with Gasteiger partial charge < -0.3 is 14.4 Å². The van der Waals surface area contributed by atoms with Crippen molar-refractivity contribution in [3.63, 3.8) is 0 Å². The van der Waals surface area contributed by atoms with Gasteiger partial charge >= 0.3 is 12.4 Å². The lowest BCUT2D eigenvalue weighted by molar-refractivity contribution is -0.274. The molecule has 1 unspecified atom stereocenters. The van der Waals surface area contributed by atoms with Gasteiger partial charge in [-0.3, -0.25) is 4.79 Å². The number of rotatable bonds is 4. The summed E-state index contributed by atoms with van der Waals surface area (Å²) in [4.78, 5) is 22.2. The number of nitrogens with zero attached hydrogens (tertiary/aromatic N) is 3. The number of hydrogen-bond acceptors (Lipinski definition) is 5. The van der Waals surface area contributed by atoms with Crippen molar-refractivity contribution >= 4 is 21.8 Å². The normalized spacial score (nSPS) is 17.5. The highest BCUT2D eigenvalue weighted by Crippen LogP contribution is 2.28. The van der Waals surface area contributed by atoms with Gasteiger partial charge in [0, 0.05) is 18.9 Å². The molecule has 0 radical (unpaired) electrons. The third-order valence-electron chi connectivity index (χ3n) is 3.88. The first-order valence-electron chi connectivity index (χ1n) is 8.10. The molecule has 1 aromatic heterocycles. The molecule has 1 aliphatic heterocycles. The average molecular weight is 446 g/mol. The van der Waals surface area contributed by atoms with Crippen molar-refractivity contribution in [1.82, 2.24) is 14.9 Å². The van der Waals surface area contributed by atoms with Crippen LogP contribution in [0.5, 0.6) is 11.8 Å². The molecule has 6 nitrogen and oxygen atoms in total. The summed E-state index contributed by atoms with van der Waals surface area (Å²) in [7, 11) is 0. The van der Waals surface area contributed by atoms with Gasteiger partial charge in [0.15, 0.2) is 0 Å². The number of ether oxygens (including phenoxy) is 2. The smallest absolute Gasteiger partial charge is 0.458 e. The summed E-state index contributed by atoms with van der Waals surface area (Å²) in [6.45, 7) is 0.638. The Morgan fingerprint density at radius 2 is 1.93 bits per heavy atom. The molecule has 0 saturated carbocycles. The lowest BCUT2D eigenvalue weighted by atomic mass is 10.1. The number of alkyl halides is 3. The molecular weight excluding hydrogens is 431 g/mol. The number of halogens is 4. The van der Waals surface area contributed by atoms with Crippen molar-refractivity contribution in [2.75, 3.05) is 13.1 Å². The topological polar surface area (TPSA) is 64.5 Å². The summed E-state index contributed by atoms with van der Waals surface area (Å²) in [5.74, 6) is -1.06. The van der Waals surface area contributed by atoms with Gasteiger partial charge in [0.2, 0.25) is 0 Å². The fraction of sp³-hybridized carbons (Fsp3) is 0.353. The van der Waals surface area contributed by atoms with Crippen molar-refractivity contribution in [1.29, 1.82) is 0 Å². The van der Waals surface area contributed by atoms with Crippen LogP contribution in [-0.2, 0) is 0 Å². The summed E-state index contributed by atoms with van der Waals surface area (Å²) in [5.41, 5.74) is -0.143. The Morgan fingerprint density at radius 1 is 1.22 bits per heavy atom. The molecule has 1 saturated heterocycles. The Kier molecular flexibility index (Phi) is 5.83. The number of piperidine rings is 1. The molecular formula is C17H15BrF3N3O3. The number of carbonyl (C=O) groups excluding carboxylic acids is 1. The number of carbonyl (C=O) groups is 1. The van der Waals surface area contributed by atoms with E-state index in [1.165, 1.54) is 23.1 Å². The number of hydrogen-bond donors (Lipinski definition) is 0. The quantitative estimate of drug-likeness (QED) is 0.715. The van der Waals surface area contributed by atoms with E-state index in [9.17, 15) is 18.0 Å². The van der Waals surface area contributed by atoms with Gasteiger partial charge in [0.1, 0.15) is 11.9 Å². The van der Waals surface area contributed by atoms with Crippen molar-refractivity contribution in [3.05, 3.63) is 46.7 Å². The molecule has 1 fully saturated rings. The van der Waals surface area contributed by atoms with E-state index >= 15 is 0 Å². The summed E-state index contributed by atoms with van der Waals surface area (Å²) in [6.07, 6.45) is -0.806. The molecule has 1 amide bonds. The minimum atomic E-state index is -4.87. The van der Waals surface area contributed by atoms with Crippen LogP contribution in [0, 0.1) is 0 Å². The van der Waals surface area contributed by atoms with Crippen LogP contribution in [0.25, 0.3) is 0 Å². The predicted molar refractivity (Wildman–Crippen MR) is 92.4 cm³/mol. The van der Waals surface area contributed by atoms with Crippen molar-refractivity contribution in [2.24, 2.45) is 0 Å². The molecule has 0 N–H and O–H groups in total. The Balaban J connectivity index is 1.71. The molecule has 10 heteroatoms. The zero-order valence-electron chi connectivity index (χ0n) is 13.9. The van der Waals surface area contributed by atoms with E-state index < -0.39 is 18.0 Å². The molecule has 1 aliphatic rings. The summed E-state index contributed by atoms with van der Waals surface area (Å²) in [6, 6.07) is 5.48. The molecule has 0 aliphatic carbocycles. The van der Waals surface area contributed by atoms with E-state index in [4.69, 9.17) is 4.74 Å². The van der Waals surface area contributed by atoms with Gasteiger partial charge in [-0.2, -0.15) is 0 Å². The largest absolute Gasteiger partial charge is 0.573 e. The van der Waals surface area contributed by atoms with Gasteiger partial charge in [-0.15, -0.1) is 13.2 Å². The zero-order valence-corrected chi connectivity index (χ0v) is 15.5. The Labute approximate surface area is 161 Å². The summed E-state index contributed by atoms with van der Waals surface area (Å²) < 4.78 is 48.1. The summed E-state index contributed by atoms with van der Waals surface area (Å²) >= 11 is 3.23. The molecule has 0 spiro atoms. The Morgan fingerprint density at radius 3 is 2.63 bits per heavy atom. The van der Waals surface area contributed by atoms with Crippen LogP contribution in [0.2, 0.25) is 0 Å². The minimum absolute atomic E-state index is 0.143. The highest BCUT2D eigenvalue weighted by atomic mass is 79.9. The van der Waals surface area contributed by atoms with E-state index in [0.29, 0.717) is 23.9 Å². The second-order valence-electron chi connectivity index (χ2n) is 5.86. The number of benzene rings is 1. The number of aromatic nitrogens is 2. The van der Waals surface area contributed by atoms with Crippen LogP contribution < -0.4 is 9.47 Å². The Hall–Kier alpha value is -2.36. The third kappa shape index (κ3) is 5.31. The van der Waals surface area contributed by atoms with E-state index in [2.05, 4.69) is 30.6 Å². The van der Waals surface area contributed by atoms with Crippen LogP contribution in [0.1, 0.15) is 23.2 Å². The molecule has 0 bridgehead atoms.